The standard InChI is InChI=1S/C23H28N4O3S/c1-30-23(29)19-20(24)21(31-22(19)26-10-9-16(28)12-26)14-7-8-18-17(11-14)25-13-27(18)15-5-3-2-4-6-15/h7-8,11,13,15-16,28H,2-6,9-10,12,24H2,1H3. The van der Waals surface area contributed by atoms with Gasteiger partial charge in [-0.2, -0.15) is 0 Å². The highest BCUT2D eigenvalue weighted by Crippen LogP contribution is 2.46. The summed E-state index contributed by atoms with van der Waals surface area (Å²) >= 11 is 1.48. The Kier molecular flexibility index (Phi) is 5.35. The molecule has 3 aromatic rings. The van der Waals surface area contributed by atoms with Crippen molar-refractivity contribution in [1.82, 2.24) is 9.55 Å². The number of aliphatic hydroxyl groups is 1. The van der Waals surface area contributed by atoms with E-state index in [9.17, 15) is 9.90 Å². The first kappa shape index (κ1) is 20.3. The van der Waals surface area contributed by atoms with Crippen LogP contribution in [0.1, 0.15) is 54.9 Å². The minimum absolute atomic E-state index is 0.391. The Balaban J connectivity index is 1.55. The number of thiophene rings is 1. The van der Waals surface area contributed by atoms with Gasteiger partial charge in [0.15, 0.2) is 0 Å². The van der Waals surface area contributed by atoms with Crippen LogP contribution in [-0.2, 0) is 4.74 Å². The van der Waals surface area contributed by atoms with Crippen molar-refractivity contribution in [3.63, 3.8) is 0 Å². The minimum Gasteiger partial charge on any atom is -0.465 e. The molecular weight excluding hydrogens is 412 g/mol. The number of imidazole rings is 1. The van der Waals surface area contributed by atoms with E-state index < -0.39 is 12.1 Å². The maximum atomic E-state index is 12.5. The lowest BCUT2D eigenvalue weighted by atomic mass is 9.95. The first-order valence-electron chi connectivity index (χ1n) is 11.0. The number of benzene rings is 1. The molecule has 1 aliphatic carbocycles. The highest BCUT2D eigenvalue weighted by atomic mass is 32.1. The summed E-state index contributed by atoms with van der Waals surface area (Å²) in [7, 11) is 1.37. The fraction of sp³-hybridized carbons (Fsp3) is 0.478. The SMILES string of the molecule is COC(=O)c1c(N2CCC(O)C2)sc(-c2ccc3c(c2)ncn3C2CCCCC2)c1N. The van der Waals surface area contributed by atoms with Crippen LogP contribution >= 0.6 is 11.3 Å². The summed E-state index contributed by atoms with van der Waals surface area (Å²) in [5.74, 6) is -0.445. The van der Waals surface area contributed by atoms with Crippen LogP contribution < -0.4 is 10.6 Å². The number of methoxy groups -OCH3 is 1. The number of nitrogens with two attached hydrogens (primary N) is 1. The van der Waals surface area contributed by atoms with Gasteiger partial charge in [-0.3, -0.25) is 0 Å². The third-order valence-electron chi connectivity index (χ3n) is 6.57. The van der Waals surface area contributed by atoms with E-state index in [4.69, 9.17) is 10.5 Å². The van der Waals surface area contributed by atoms with Crippen LogP contribution in [-0.4, -0.2) is 46.9 Å². The molecule has 2 aromatic heterocycles. The molecule has 7 nitrogen and oxygen atoms in total. The molecule has 1 unspecified atom stereocenters. The molecule has 5 rings (SSSR count). The Bertz CT molecular complexity index is 1120. The van der Waals surface area contributed by atoms with E-state index in [1.165, 1.54) is 50.6 Å². The average molecular weight is 441 g/mol. The first-order chi connectivity index (χ1) is 15.1. The van der Waals surface area contributed by atoms with E-state index >= 15 is 0 Å². The number of aliphatic hydroxyl groups excluding tert-OH is 1. The Morgan fingerprint density at radius 1 is 1.26 bits per heavy atom. The summed E-state index contributed by atoms with van der Waals surface area (Å²) in [6, 6.07) is 6.76. The van der Waals surface area contributed by atoms with Crippen LogP contribution in [0.3, 0.4) is 0 Å². The molecule has 0 radical (unpaired) electrons. The van der Waals surface area contributed by atoms with Crippen molar-refractivity contribution in [1.29, 1.82) is 0 Å². The van der Waals surface area contributed by atoms with Gasteiger partial charge in [0.1, 0.15) is 10.6 Å². The van der Waals surface area contributed by atoms with Crippen molar-refractivity contribution < 1.29 is 14.6 Å². The third kappa shape index (κ3) is 3.57. The van der Waals surface area contributed by atoms with Gasteiger partial charge in [0, 0.05) is 19.1 Å². The summed E-state index contributed by atoms with van der Waals surface area (Å²) < 4.78 is 7.33. The number of hydrogen-bond acceptors (Lipinski definition) is 7. The van der Waals surface area contributed by atoms with E-state index in [0.29, 0.717) is 36.8 Å². The van der Waals surface area contributed by atoms with Crippen molar-refractivity contribution in [2.45, 2.75) is 50.7 Å². The van der Waals surface area contributed by atoms with Gasteiger partial charge in [0.25, 0.3) is 0 Å². The Morgan fingerprint density at radius 2 is 2.06 bits per heavy atom. The molecule has 3 heterocycles. The molecule has 1 atom stereocenters. The number of fused-ring (bicyclic) bond motifs is 1. The number of nitrogen functional groups attached to an aromatic ring is 1. The highest BCUT2D eigenvalue weighted by Gasteiger charge is 2.31. The minimum atomic E-state index is -0.445. The molecule has 1 aliphatic heterocycles. The summed E-state index contributed by atoms with van der Waals surface area (Å²) in [6.45, 7) is 1.18. The number of β-amino-alcohol motifs (C(OH)–C–C–N with tert-alkyl or cyclic N) is 1. The van der Waals surface area contributed by atoms with E-state index in [-0.39, 0.29) is 0 Å². The van der Waals surface area contributed by atoms with Crippen molar-refractivity contribution >= 4 is 39.0 Å². The van der Waals surface area contributed by atoms with Gasteiger partial charge in [-0.25, -0.2) is 9.78 Å². The number of ether oxygens (including phenoxy) is 1. The van der Waals surface area contributed by atoms with E-state index in [1.807, 2.05) is 11.2 Å². The van der Waals surface area contributed by atoms with Gasteiger partial charge in [-0.1, -0.05) is 25.3 Å². The predicted octanol–water partition coefficient (Wildman–Crippen LogP) is 4.21. The maximum absolute atomic E-state index is 12.5. The number of carbonyl (C=O) groups is 1. The molecule has 2 aliphatic rings. The summed E-state index contributed by atoms with van der Waals surface area (Å²) in [5.41, 5.74) is 10.3. The van der Waals surface area contributed by atoms with Crippen LogP contribution in [0.5, 0.6) is 0 Å². The molecular formula is C23H28N4O3S. The third-order valence-corrected chi connectivity index (χ3v) is 7.89. The van der Waals surface area contributed by atoms with Gasteiger partial charge >= 0.3 is 5.97 Å². The van der Waals surface area contributed by atoms with Crippen molar-refractivity contribution in [2.24, 2.45) is 0 Å². The van der Waals surface area contributed by atoms with Gasteiger partial charge in [-0.05, 0) is 37.0 Å². The second kappa shape index (κ2) is 8.16. The normalized spacial score (nSPS) is 19.9. The molecule has 31 heavy (non-hydrogen) atoms. The number of anilines is 2. The van der Waals surface area contributed by atoms with E-state index in [0.717, 1.165) is 26.5 Å². The molecule has 1 saturated heterocycles. The zero-order valence-corrected chi connectivity index (χ0v) is 18.5. The fourth-order valence-corrected chi connectivity index (χ4v) is 6.16. The molecule has 3 N–H and O–H groups in total. The Labute approximate surface area is 185 Å². The number of esters is 1. The van der Waals surface area contributed by atoms with Crippen LogP contribution in [0.4, 0.5) is 10.7 Å². The lowest BCUT2D eigenvalue weighted by Gasteiger charge is -2.23. The van der Waals surface area contributed by atoms with Crippen LogP contribution in [0.25, 0.3) is 21.5 Å². The second-order valence-electron chi connectivity index (χ2n) is 8.55. The zero-order valence-electron chi connectivity index (χ0n) is 17.7. The fourth-order valence-electron chi connectivity index (χ4n) is 4.92. The molecule has 0 bridgehead atoms. The smallest absolute Gasteiger partial charge is 0.343 e. The number of nitrogens with zero attached hydrogens (tertiary/aromatic N) is 3. The molecule has 164 valence electrons. The van der Waals surface area contributed by atoms with Gasteiger partial charge in [0.05, 0.1) is 41.1 Å². The van der Waals surface area contributed by atoms with Crippen LogP contribution in [0.2, 0.25) is 0 Å². The number of hydrogen-bond donors (Lipinski definition) is 2. The van der Waals surface area contributed by atoms with E-state index in [2.05, 4.69) is 27.8 Å². The monoisotopic (exact) mass is 440 g/mol. The molecule has 1 aromatic carbocycles. The van der Waals surface area contributed by atoms with Crippen molar-refractivity contribution in [3.05, 3.63) is 30.1 Å². The van der Waals surface area contributed by atoms with Gasteiger partial charge < -0.3 is 25.0 Å². The number of carbonyl (C=O) groups excluding carboxylic acids is 1. The Hall–Kier alpha value is -2.58. The highest BCUT2D eigenvalue weighted by molar-refractivity contribution is 7.20. The van der Waals surface area contributed by atoms with E-state index in [1.54, 1.807) is 0 Å². The Morgan fingerprint density at radius 3 is 2.77 bits per heavy atom. The first-order valence-corrected chi connectivity index (χ1v) is 11.8. The lowest BCUT2D eigenvalue weighted by molar-refractivity contribution is 0.0603. The lowest BCUT2D eigenvalue weighted by Crippen LogP contribution is -2.22. The average Bonchev–Trinajstić information content (AvgIpc) is 3.50. The number of aromatic nitrogens is 2. The quantitative estimate of drug-likeness (QED) is 0.590. The zero-order chi connectivity index (χ0) is 21.5. The maximum Gasteiger partial charge on any atom is 0.343 e. The largest absolute Gasteiger partial charge is 0.465 e. The van der Waals surface area contributed by atoms with Gasteiger partial charge in [0.2, 0.25) is 0 Å². The van der Waals surface area contributed by atoms with Crippen molar-refractivity contribution in [3.8, 4) is 10.4 Å². The summed E-state index contributed by atoms with van der Waals surface area (Å²) in [4.78, 5) is 20.1. The van der Waals surface area contributed by atoms with Gasteiger partial charge in [-0.15, -0.1) is 11.3 Å². The molecule has 1 saturated carbocycles. The van der Waals surface area contributed by atoms with Crippen molar-refractivity contribution in [2.75, 3.05) is 30.8 Å². The molecule has 0 amide bonds. The molecule has 8 heteroatoms. The molecule has 2 fully saturated rings. The van der Waals surface area contributed by atoms with Crippen LogP contribution in [0, 0.1) is 0 Å². The topological polar surface area (TPSA) is 93.6 Å². The summed E-state index contributed by atoms with van der Waals surface area (Å²) in [6.07, 6.45) is 8.53. The molecule has 0 spiro atoms. The predicted molar refractivity (Wildman–Crippen MR) is 124 cm³/mol. The second-order valence-corrected chi connectivity index (χ2v) is 9.55. The van der Waals surface area contributed by atoms with Crippen LogP contribution in [0.15, 0.2) is 24.5 Å². The summed E-state index contributed by atoms with van der Waals surface area (Å²) in [5, 5.41) is 10.7. The number of rotatable bonds is 4.